The van der Waals surface area contributed by atoms with Crippen molar-refractivity contribution in [3.8, 4) is 0 Å². The van der Waals surface area contributed by atoms with E-state index in [0.717, 1.165) is 0 Å². The molecule has 0 aliphatic heterocycles. The van der Waals surface area contributed by atoms with E-state index in [1.165, 1.54) is 0 Å². The summed E-state index contributed by atoms with van der Waals surface area (Å²) in [7, 11) is 0. The topological polar surface area (TPSA) is 228 Å². The van der Waals surface area contributed by atoms with Gasteiger partial charge < -0.3 is 42.1 Å². The maximum Gasteiger partial charge on any atom is 0.326 e. The van der Waals surface area contributed by atoms with Crippen molar-refractivity contribution in [2.24, 2.45) is 5.73 Å². The zero-order valence-electron chi connectivity index (χ0n) is 13.0. The van der Waals surface area contributed by atoms with Crippen LogP contribution in [0.5, 0.6) is 0 Å². The predicted octanol–water partition coefficient (Wildman–Crippen LogP) is -5.06. The molecule has 25 heavy (non-hydrogen) atoms. The normalized spacial score (nSPS) is 13.9. The monoisotopic (exact) mass is 364 g/mol. The molecule has 0 saturated carbocycles. The second kappa shape index (κ2) is 10.9. The van der Waals surface area contributed by atoms with Crippen LogP contribution in [0.3, 0.4) is 0 Å². The van der Waals surface area contributed by atoms with Gasteiger partial charge in [0.25, 0.3) is 0 Å². The fourth-order valence-electron chi connectivity index (χ4n) is 1.47. The van der Waals surface area contributed by atoms with Crippen molar-refractivity contribution in [3.63, 3.8) is 0 Å². The number of nitrogens with one attached hydrogen (secondary N) is 3. The highest BCUT2D eigenvalue weighted by molar-refractivity contribution is 5.93. The van der Waals surface area contributed by atoms with Crippen LogP contribution in [-0.2, 0) is 24.0 Å². The quantitative estimate of drug-likeness (QED) is 0.174. The Morgan fingerprint density at radius 3 is 1.92 bits per heavy atom. The molecular weight excluding hydrogens is 344 g/mol. The molecule has 3 amide bonds. The Morgan fingerprint density at radius 2 is 1.48 bits per heavy atom. The van der Waals surface area contributed by atoms with Crippen LogP contribution in [0, 0.1) is 0 Å². The second-order valence-corrected chi connectivity index (χ2v) is 4.81. The maximum absolute atomic E-state index is 11.7. The summed E-state index contributed by atoms with van der Waals surface area (Å²) in [6, 6.07) is -4.44. The number of carboxylic acids is 2. The van der Waals surface area contributed by atoms with E-state index in [0.29, 0.717) is 0 Å². The first-order valence-electron chi connectivity index (χ1n) is 6.91. The van der Waals surface area contributed by atoms with Gasteiger partial charge in [-0.2, -0.15) is 0 Å². The molecule has 3 unspecified atom stereocenters. The van der Waals surface area contributed by atoms with Gasteiger partial charge in [-0.15, -0.1) is 0 Å². The average Bonchev–Trinajstić information content (AvgIpc) is 2.55. The van der Waals surface area contributed by atoms with E-state index >= 15 is 0 Å². The van der Waals surface area contributed by atoms with Gasteiger partial charge in [0.05, 0.1) is 26.2 Å². The highest BCUT2D eigenvalue weighted by atomic mass is 16.4. The Labute approximate surface area is 141 Å². The molecule has 0 aromatic carbocycles. The van der Waals surface area contributed by atoms with Crippen molar-refractivity contribution in [1.29, 1.82) is 0 Å². The second-order valence-electron chi connectivity index (χ2n) is 4.81. The van der Waals surface area contributed by atoms with Crippen LogP contribution in [0.2, 0.25) is 0 Å². The minimum Gasteiger partial charge on any atom is -0.481 e. The maximum atomic E-state index is 11.7. The lowest BCUT2D eigenvalue weighted by molar-refractivity contribution is -0.147. The fraction of sp³-hybridized carbons (Fsp3) is 0.583. The molecule has 0 spiro atoms. The molecule has 0 aliphatic carbocycles. The minimum atomic E-state index is -1.68. The van der Waals surface area contributed by atoms with E-state index in [9.17, 15) is 24.0 Å². The predicted molar refractivity (Wildman–Crippen MR) is 78.9 cm³/mol. The number of carboxylic acid groups (broad SMARTS) is 2. The largest absolute Gasteiger partial charge is 0.481 e. The highest BCUT2D eigenvalue weighted by Gasteiger charge is 2.25. The smallest absolute Gasteiger partial charge is 0.326 e. The number of aliphatic hydroxyl groups is 2. The average molecular weight is 364 g/mol. The summed E-state index contributed by atoms with van der Waals surface area (Å²) in [6.07, 6.45) is -0.858. The summed E-state index contributed by atoms with van der Waals surface area (Å²) >= 11 is 0. The van der Waals surface area contributed by atoms with Crippen molar-refractivity contribution < 1.29 is 44.4 Å². The van der Waals surface area contributed by atoms with Crippen LogP contribution >= 0.6 is 0 Å². The molecule has 0 rings (SSSR count). The van der Waals surface area contributed by atoms with Crippen LogP contribution in [0.25, 0.3) is 0 Å². The highest BCUT2D eigenvalue weighted by Crippen LogP contribution is 1.93. The number of carbonyl (C=O) groups is 5. The van der Waals surface area contributed by atoms with Gasteiger partial charge in [-0.25, -0.2) is 4.79 Å². The molecule has 3 atom stereocenters. The first-order valence-corrected chi connectivity index (χ1v) is 6.91. The summed E-state index contributed by atoms with van der Waals surface area (Å²) < 4.78 is 0. The van der Waals surface area contributed by atoms with Crippen molar-refractivity contribution in [2.45, 2.75) is 24.5 Å². The Bertz CT molecular complexity index is 525. The lowest BCUT2D eigenvalue weighted by Gasteiger charge is -2.18. The molecule has 13 nitrogen and oxygen atoms in total. The number of rotatable bonds is 11. The third kappa shape index (κ3) is 8.59. The summed E-state index contributed by atoms with van der Waals surface area (Å²) in [4.78, 5) is 56.0. The van der Waals surface area contributed by atoms with Gasteiger partial charge >= 0.3 is 11.9 Å². The van der Waals surface area contributed by atoms with E-state index in [-0.39, 0.29) is 0 Å². The summed E-state index contributed by atoms with van der Waals surface area (Å²) in [5.74, 6) is -5.88. The Kier molecular flexibility index (Phi) is 9.69. The van der Waals surface area contributed by atoms with Crippen LogP contribution in [0.15, 0.2) is 0 Å². The Morgan fingerprint density at radius 1 is 0.880 bits per heavy atom. The van der Waals surface area contributed by atoms with Gasteiger partial charge in [-0.3, -0.25) is 19.2 Å². The number of hydrogen-bond donors (Lipinski definition) is 8. The van der Waals surface area contributed by atoms with Gasteiger partial charge in [0, 0.05) is 0 Å². The first-order chi connectivity index (χ1) is 11.6. The van der Waals surface area contributed by atoms with Gasteiger partial charge in [0.1, 0.15) is 18.1 Å². The molecule has 0 radical (unpaired) electrons. The van der Waals surface area contributed by atoms with Crippen molar-refractivity contribution in [1.82, 2.24) is 16.0 Å². The molecule has 0 fully saturated rings. The molecule has 13 heteroatoms. The Balaban J connectivity index is 4.54. The molecule has 0 aliphatic rings. The summed E-state index contributed by atoms with van der Waals surface area (Å²) in [5.41, 5.74) is 5.22. The number of hydrogen-bond acceptors (Lipinski definition) is 8. The first kappa shape index (κ1) is 22.2. The third-order valence-corrected chi connectivity index (χ3v) is 2.78. The molecule has 9 N–H and O–H groups in total. The minimum absolute atomic E-state index is 0.686. The standard InChI is InChI=1S/C12H20N4O9/c13-5(3-17)10(22)16-7(4-18)11(23)14-2-8(19)15-6(12(24)25)1-9(20)21/h5-7,17-18H,1-4,13H2,(H,14,23)(H,15,19)(H,16,22)(H,20,21)(H,24,25). The molecule has 0 saturated heterocycles. The number of aliphatic hydroxyl groups excluding tert-OH is 2. The zero-order valence-corrected chi connectivity index (χ0v) is 13.0. The Hall–Kier alpha value is -2.77. The van der Waals surface area contributed by atoms with Crippen molar-refractivity contribution >= 4 is 29.7 Å². The molecular formula is C12H20N4O9. The van der Waals surface area contributed by atoms with E-state index in [4.69, 9.17) is 26.2 Å². The van der Waals surface area contributed by atoms with Crippen molar-refractivity contribution in [3.05, 3.63) is 0 Å². The lowest BCUT2D eigenvalue weighted by Crippen LogP contribution is -2.55. The molecule has 0 heterocycles. The summed E-state index contributed by atoms with van der Waals surface area (Å²) in [6.45, 7) is -2.23. The third-order valence-electron chi connectivity index (χ3n) is 2.78. The van der Waals surface area contributed by atoms with E-state index < -0.39 is 74.0 Å². The van der Waals surface area contributed by atoms with Gasteiger partial charge in [-0.05, 0) is 0 Å². The van der Waals surface area contributed by atoms with E-state index in [1.54, 1.807) is 0 Å². The number of nitrogens with two attached hydrogens (primary N) is 1. The van der Waals surface area contributed by atoms with Crippen LogP contribution in [-0.4, -0.2) is 88.0 Å². The van der Waals surface area contributed by atoms with Crippen LogP contribution in [0.4, 0.5) is 0 Å². The summed E-state index contributed by atoms with van der Waals surface area (Å²) in [5, 5.41) is 41.0. The van der Waals surface area contributed by atoms with E-state index in [2.05, 4.69) is 0 Å². The van der Waals surface area contributed by atoms with Gasteiger partial charge in [0.15, 0.2) is 0 Å². The molecule has 142 valence electrons. The molecule has 0 bridgehead atoms. The van der Waals surface area contributed by atoms with Crippen LogP contribution < -0.4 is 21.7 Å². The number of aliphatic carboxylic acids is 2. The molecule has 0 aromatic heterocycles. The van der Waals surface area contributed by atoms with E-state index in [1.807, 2.05) is 16.0 Å². The lowest BCUT2D eigenvalue weighted by atomic mass is 10.2. The van der Waals surface area contributed by atoms with Gasteiger partial charge in [-0.1, -0.05) is 0 Å². The SMILES string of the molecule is NC(CO)C(=O)NC(CO)C(=O)NCC(=O)NC(CC(=O)O)C(=O)O. The van der Waals surface area contributed by atoms with Crippen LogP contribution in [0.1, 0.15) is 6.42 Å². The number of carbonyl (C=O) groups excluding carboxylic acids is 3. The fourth-order valence-corrected chi connectivity index (χ4v) is 1.47. The number of amides is 3. The van der Waals surface area contributed by atoms with Crippen molar-refractivity contribution in [2.75, 3.05) is 19.8 Å². The zero-order chi connectivity index (χ0) is 19.6. The molecule has 0 aromatic rings. The van der Waals surface area contributed by atoms with Gasteiger partial charge in [0.2, 0.25) is 17.7 Å².